The molecule has 0 radical (unpaired) electrons. The number of aromatic nitrogens is 3. The number of hydrogen-bond donors (Lipinski definition) is 0. The number of fused-ring (bicyclic) bond motifs is 8. The molecular weight excluding hydrogens is 282 g/mol. The molecule has 0 bridgehead atoms. The zero-order valence-electron chi connectivity index (χ0n) is 18.0. The van der Waals surface area contributed by atoms with Crippen molar-refractivity contribution in [3.63, 3.8) is 0 Å². The van der Waals surface area contributed by atoms with Crippen LogP contribution in [0.1, 0.15) is 19.5 Å². The van der Waals surface area contributed by atoms with Gasteiger partial charge in [0.2, 0.25) is 0 Å². The normalized spacial score (nSPS) is 16.9. The molecule has 0 aliphatic carbocycles. The zero-order chi connectivity index (χ0) is 20.6. The second-order valence-corrected chi connectivity index (χ2v) is 5.57. The van der Waals surface area contributed by atoms with Gasteiger partial charge in [-0.25, -0.2) is 4.52 Å². The number of nitrogens with zero attached hydrogens (tertiary/aromatic N) is 3. The second-order valence-electron chi connectivity index (χ2n) is 5.57. The topological polar surface area (TPSA) is 30.2 Å². The molecule has 0 N–H and O–H groups in total. The van der Waals surface area contributed by atoms with Crippen molar-refractivity contribution >= 4 is 38.1 Å². The summed E-state index contributed by atoms with van der Waals surface area (Å²) in [7, 11) is 0. The van der Waals surface area contributed by atoms with Crippen molar-refractivity contribution in [2.75, 3.05) is 0 Å². The van der Waals surface area contributed by atoms with Gasteiger partial charge in [-0.15, -0.1) is 0 Å². The molecule has 5 aromatic rings. The summed E-state index contributed by atoms with van der Waals surface area (Å²) >= 11 is 0. The van der Waals surface area contributed by atoms with Crippen LogP contribution >= 0.6 is 0 Å². The first-order valence-electron chi connectivity index (χ1n) is 10.3. The summed E-state index contributed by atoms with van der Waals surface area (Å²) in [5, 5.41) is 7.38. The van der Waals surface area contributed by atoms with E-state index in [1.54, 1.807) is 18.3 Å². The summed E-state index contributed by atoms with van der Waals surface area (Å²) < 4.78 is 49.3. The lowest BCUT2D eigenvalue weighted by Crippen LogP contribution is -1.96. The van der Waals surface area contributed by atoms with Gasteiger partial charge in [-0.2, -0.15) is 5.10 Å². The van der Waals surface area contributed by atoms with Gasteiger partial charge in [-0.3, -0.25) is 4.98 Å². The van der Waals surface area contributed by atoms with E-state index in [1.165, 1.54) is 4.52 Å². The van der Waals surface area contributed by atoms with Crippen LogP contribution < -0.4 is 0 Å². The van der Waals surface area contributed by atoms with Crippen LogP contribution in [0.5, 0.6) is 0 Å². The fraction of sp³-hybridized carbons (Fsp3) is 0.100. The Bertz CT molecular complexity index is 1430. The van der Waals surface area contributed by atoms with Gasteiger partial charge in [0.15, 0.2) is 0 Å². The van der Waals surface area contributed by atoms with Crippen LogP contribution in [0.25, 0.3) is 38.1 Å². The van der Waals surface area contributed by atoms with Crippen LogP contribution in [0.15, 0.2) is 54.7 Å². The van der Waals surface area contributed by atoms with Crippen LogP contribution in [-0.4, -0.2) is 14.6 Å². The molecule has 0 fully saturated rings. The minimum absolute atomic E-state index is 0.233. The average Bonchev–Trinajstić information content (AvgIpc) is 3.09. The predicted octanol–water partition coefficient (Wildman–Crippen LogP) is 4.81. The quantitative estimate of drug-likeness (QED) is 0.384. The Labute approximate surface area is 141 Å². The Morgan fingerprint density at radius 1 is 0.870 bits per heavy atom. The highest BCUT2D eigenvalue weighted by Crippen LogP contribution is 2.34. The van der Waals surface area contributed by atoms with Gasteiger partial charge in [0.1, 0.15) is 0 Å². The van der Waals surface area contributed by atoms with Crippen LogP contribution in [0.2, 0.25) is 0 Å². The van der Waals surface area contributed by atoms with E-state index >= 15 is 0 Å². The number of rotatable bonds is 0. The maximum Gasteiger partial charge on any atom is 0.0994 e. The Hall–Kier alpha value is -2.94. The third kappa shape index (κ3) is 1.54. The van der Waals surface area contributed by atoms with E-state index in [0.29, 0.717) is 16.4 Å². The lowest BCUT2D eigenvalue weighted by molar-refractivity contribution is 0.974. The molecule has 0 aliphatic rings. The first-order valence-corrected chi connectivity index (χ1v) is 7.30. The third-order valence-electron chi connectivity index (χ3n) is 4.31. The fourth-order valence-electron chi connectivity index (χ4n) is 3.28. The van der Waals surface area contributed by atoms with Crippen LogP contribution in [0.3, 0.4) is 0 Å². The molecule has 0 amide bonds. The van der Waals surface area contributed by atoms with Crippen LogP contribution in [-0.2, 0) is 0 Å². The Morgan fingerprint density at radius 3 is 2.48 bits per heavy atom. The number of benzene rings is 2. The molecule has 3 aromatic heterocycles. The molecule has 23 heavy (non-hydrogen) atoms. The smallest absolute Gasteiger partial charge is 0.0994 e. The fourth-order valence-corrected chi connectivity index (χ4v) is 3.28. The molecule has 0 spiro atoms. The summed E-state index contributed by atoms with van der Waals surface area (Å²) in [5.41, 5.74) is 0.894. The van der Waals surface area contributed by atoms with Crippen molar-refractivity contribution in [3.8, 4) is 0 Å². The molecule has 110 valence electrons. The summed E-state index contributed by atoms with van der Waals surface area (Å²) in [6.45, 7) is -5.30. The summed E-state index contributed by atoms with van der Waals surface area (Å²) in [4.78, 5) is 4.61. The van der Waals surface area contributed by atoms with Crippen molar-refractivity contribution in [1.82, 2.24) is 14.6 Å². The first-order chi connectivity index (χ1) is 13.7. The van der Waals surface area contributed by atoms with E-state index < -0.39 is 19.4 Å². The van der Waals surface area contributed by atoms with Gasteiger partial charge in [0.25, 0.3) is 0 Å². The number of aryl methyl sites for hydroxylation is 2. The highest BCUT2D eigenvalue weighted by molar-refractivity contribution is 6.17. The minimum atomic E-state index is -2.67. The standard InChI is InChI=1S/C20H15N3/c1-12-13(2)22-23-19(12)17-10-6-5-9-16(17)18-20(23)15-8-4-3-7-14(15)11-21-18/h3-11H,1-2H3/i1D3,2D3. The second kappa shape index (κ2) is 4.29. The molecule has 0 atom stereocenters. The number of hydrogen-bond acceptors (Lipinski definition) is 2. The van der Waals surface area contributed by atoms with E-state index in [-0.39, 0.29) is 11.1 Å². The van der Waals surface area contributed by atoms with E-state index in [2.05, 4.69) is 10.1 Å². The molecule has 3 heteroatoms. The number of pyridine rings is 2. The third-order valence-corrected chi connectivity index (χ3v) is 4.31. The van der Waals surface area contributed by atoms with Crippen LogP contribution in [0.4, 0.5) is 0 Å². The van der Waals surface area contributed by atoms with E-state index in [0.717, 1.165) is 16.2 Å². The monoisotopic (exact) mass is 303 g/mol. The Balaban J connectivity index is 2.19. The Kier molecular flexibility index (Phi) is 1.50. The SMILES string of the molecule is [2H]C([2H])([2H])c1nn2c(c1C([2H])([2H])[2H])c1ccccc1c1ncc3ccccc3c12. The molecule has 3 nitrogen and oxygen atoms in total. The predicted molar refractivity (Wildman–Crippen MR) is 95.0 cm³/mol. The summed E-state index contributed by atoms with van der Waals surface area (Å²) in [6, 6.07) is 14.9. The summed E-state index contributed by atoms with van der Waals surface area (Å²) in [5.74, 6) is 0. The van der Waals surface area contributed by atoms with E-state index in [4.69, 9.17) is 8.22 Å². The van der Waals surface area contributed by atoms with Crippen molar-refractivity contribution in [3.05, 3.63) is 66.0 Å². The van der Waals surface area contributed by atoms with Gasteiger partial charge < -0.3 is 0 Å². The van der Waals surface area contributed by atoms with Gasteiger partial charge in [-0.1, -0.05) is 48.5 Å². The zero-order valence-corrected chi connectivity index (χ0v) is 12.0. The molecular formula is C20H15N3. The van der Waals surface area contributed by atoms with Crippen molar-refractivity contribution in [1.29, 1.82) is 0 Å². The molecule has 0 unspecified atom stereocenters. The lowest BCUT2D eigenvalue weighted by Gasteiger charge is -2.10. The molecule has 5 rings (SSSR count). The average molecular weight is 303 g/mol. The van der Waals surface area contributed by atoms with Crippen molar-refractivity contribution in [2.24, 2.45) is 0 Å². The molecule has 3 heterocycles. The lowest BCUT2D eigenvalue weighted by atomic mass is 10.0. The van der Waals surface area contributed by atoms with Crippen LogP contribution in [0, 0.1) is 13.7 Å². The first kappa shape index (κ1) is 8.06. The highest BCUT2D eigenvalue weighted by atomic mass is 15.2. The van der Waals surface area contributed by atoms with Crippen molar-refractivity contribution < 1.29 is 8.22 Å². The molecule has 0 aliphatic heterocycles. The highest BCUT2D eigenvalue weighted by Gasteiger charge is 2.16. The molecule has 0 saturated heterocycles. The van der Waals surface area contributed by atoms with Crippen molar-refractivity contribution in [2.45, 2.75) is 13.7 Å². The van der Waals surface area contributed by atoms with Gasteiger partial charge in [-0.05, 0) is 19.3 Å². The molecule has 0 saturated carbocycles. The van der Waals surface area contributed by atoms with Gasteiger partial charge in [0, 0.05) is 36.0 Å². The minimum Gasteiger partial charge on any atom is -0.253 e. The van der Waals surface area contributed by atoms with E-state index in [9.17, 15) is 0 Å². The molecule has 2 aromatic carbocycles. The van der Waals surface area contributed by atoms with E-state index in [1.807, 2.05) is 36.4 Å². The maximum absolute atomic E-state index is 8.05. The van der Waals surface area contributed by atoms with Gasteiger partial charge >= 0.3 is 0 Å². The maximum atomic E-state index is 8.05. The largest absolute Gasteiger partial charge is 0.253 e. The van der Waals surface area contributed by atoms with Gasteiger partial charge in [0.05, 0.1) is 22.2 Å². The summed E-state index contributed by atoms with van der Waals surface area (Å²) in [6.07, 6.45) is 1.76. The Morgan fingerprint density at radius 2 is 1.65 bits per heavy atom.